The second kappa shape index (κ2) is 7.71. The standard InChI is InChI=1S/C9H15NO.C2H6/c1-3-5-8-9(4-2)11-7-6-10-8;1-2/h4,10H,2-3,5-7H2,1H3;1-2H3. The zero-order chi connectivity index (χ0) is 10.1. The van der Waals surface area contributed by atoms with Crippen molar-refractivity contribution >= 4 is 0 Å². The topological polar surface area (TPSA) is 21.3 Å². The SMILES string of the molecule is C=CC1=C(CCC)NCCO1.CC. The van der Waals surface area contributed by atoms with Crippen LogP contribution in [0.2, 0.25) is 0 Å². The molecule has 0 aliphatic carbocycles. The van der Waals surface area contributed by atoms with Crippen molar-refractivity contribution in [3.8, 4) is 0 Å². The van der Waals surface area contributed by atoms with Gasteiger partial charge in [-0.2, -0.15) is 0 Å². The molecule has 76 valence electrons. The molecule has 0 saturated carbocycles. The Hall–Kier alpha value is -0.920. The normalized spacial score (nSPS) is 15.0. The van der Waals surface area contributed by atoms with Crippen molar-refractivity contribution in [2.45, 2.75) is 33.6 Å². The number of hydrogen-bond donors (Lipinski definition) is 1. The van der Waals surface area contributed by atoms with Crippen LogP contribution in [0.5, 0.6) is 0 Å². The molecule has 0 aromatic heterocycles. The molecule has 0 unspecified atom stereocenters. The number of hydrogen-bond acceptors (Lipinski definition) is 2. The summed E-state index contributed by atoms with van der Waals surface area (Å²) in [6.07, 6.45) is 3.97. The van der Waals surface area contributed by atoms with Crippen LogP contribution >= 0.6 is 0 Å². The minimum atomic E-state index is 0.758. The summed E-state index contributed by atoms with van der Waals surface area (Å²) < 4.78 is 5.39. The lowest BCUT2D eigenvalue weighted by atomic mass is 10.2. The van der Waals surface area contributed by atoms with E-state index in [2.05, 4.69) is 18.8 Å². The zero-order valence-corrected chi connectivity index (χ0v) is 9.02. The van der Waals surface area contributed by atoms with Crippen molar-refractivity contribution in [2.24, 2.45) is 0 Å². The van der Waals surface area contributed by atoms with E-state index in [1.807, 2.05) is 13.8 Å². The minimum Gasteiger partial charge on any atom is -0.490 e. The summed E-state index contributed by atoms with van der Waals surface area (Å²) in [5.74, 6) is 0.929. The molecule has 0 aromatic rings. The molecule has 0 saturated heterocycles. The van der Waals surface area contributed by atoms with E-state index in [9.17, 15) is 0 Å². The number of allylic oxidation sites excluding steroid dienone is 2. The van der Waals surface area contributed by atoms with E-state index in [-0.39, 0.29) is 0 Å². The van der Waals surface area contributed by atoms with Crippen LogP contribution in [0.25, 0.3) is 0 Å². The third-order valence-electron chi connectivity index (χ3n) is 1.68. The number of nitrogens with one attached hydrogen (secondary N) is 1. The molecule has 2 nitrogen and oxygen atoms in total. The second-order valence-corrected chi connectivity index (χ2v) is 2.57. The highest BCUT2D eigenvalue weighted by molar-refractivity contribution is 5.18. The van der Waals surface area contributed by atoms with Crippen LogP contribution < -0.4 is 5.32 Å². The Morgan fingerprint density at radius 2 is 2.23 bits per heavy atom. The van der Waals surface area contributed by atoms with Crippen molar-refractivity contribution in [3.63, 3.8) is 0 Å². The zero-order valence-electron chi connectivity index (χ0n) is 9.02. The first kappa shape index (κ1) is 12.1. The third-order valence-corrected chi connectivity index (χ3v) is 1.68. The Morgan fingerprint density at radius 1 is 1.54 bits per heavy atom. The summed E-state index contributed by atoms with van der Waals surface area (Å²) in [5.41, 5.74) is 1.20. The quantitative estimate of drug-likeness (QED) is 0.726. The van der Waals surface area contributed by atoms with Crippen LogP contribution in [-0.2, 0) is 4.74 Å². The van der Waals surface area contributed by atoms with Crippen molar-refractivity contribution in [3.05, 3.63) is 24.1 Å². The van der Waals surface area contributed by atoms with Crippen molar-refractivity contribution < 1.29 is 4.74 Å². The largest absolute Gasteiger partial charge is 0.490 e. The van der Waals surface area contributed by atoms with Crippen LogP contribution in [0, 0.1) is 0 Å². The summed E-state index contributed by atoms with van der Waals surface area (Å²) >= 11 is 0. The lowest BCUT2D eigenvalue weighted by molar-refractivity contribution is 0.201. The second-order valence-electron chi connectivity index (χ2n) is 2.57. The maximum absolute atomic E-state index is 5.39. The van der Waals surface area contributed by atoms with E-state index in [1.54, 1.807) is 6.08 Å². The van der Waals surface area contributed by atoms with Gasteiger partial charge < -0.3 is 10.1 Å². The fourth-order valence-electron chi connectivity index (χ4n) is 1.18. The van der Waals surface area contributed by atoms with E-state index in [1.165, 1.54) is 5.70 Å². The lowest BCUT2D eigenvalue weighted by Crippen LogP contribution is -2.26. The van der Waals surface area contributed by atoms with Crippen molar-refractivity contribution in [2.75, 3.05) is 13.2 Å². The molecule has 0 bridgehead atoms. The molecule has 2 heteroatoms. The van der Waals surface area contributed by atoms with Gasteiger partial charge in [0.15, 0.2) is 0 Å². The maximum Gasteiger partial charge on any atom is 0.137 e. The first-order chi connectivity index (χ1) is 6.38. The highest BCUT2D eigenvalue weighted by Crippen LogP contribution is 2.13. The monoisotopic (exact) mass is 183 g/mol. The van der Waals surface area contributed by atoms with Crippen LogP contribution in [0.4, 0.5) is 0 Å². The molecule has 1 rings (SSSR count). The van der Waals surface area contributed by atoms with Gasteiger partial charge in [-0.05, 0) is 12.5 Å². The van der Waals surface area contributed by atoms with Crippen LogP contribution in [0.1, 0.15) is 33.6 Å². The van der Waals surface area contributed by atoms with Gasteiger partial charge in [0.05, 0.1) is 5.70 Å². The van der Waals surface area contributed by atoms with E-state index in [4.69, 9.17) is 4.74 Å². The smallest absolute Gasteiger partial charge is 0.137 e. The van der Waals surface area contributed by atoms with Gasteiger partial charge >= 0.3 is 0 Å². The van der Waals surface area contributed by atoms with E-state index >= 15 is 0 Å². The van der Waals surface area contributed by atoms with Gasteiger partial charge in [-0.15, -0.1) is 0 Å². The Bertz CT molecular complexity index is 173. The Morgan fingerprint density at radius 3 is 2.77 bits per heavy atom. The predicted octanol–water partition coefficient (Wildman–Crippen LogP) is 2.83. The molecule has 0 spiro atoms. The highest BCUT2D eigenvalue weighted by Gasteiger charge is 2.08. The fraction of sp³-hybridized carbons (Fsp3) is 0.636. The van der Waals surface area contributed by atoms with Gasteiger partial charge in [-0.3, -0.25) is 0 Å². The Labute approximate surface area is 81.7 Å². The van der Waals surface area contributed by atoms with Crippen LogP contribution in [-0.4, -0.2) is 13.2 Å². The Kier molecular flexibility index (Phi) is 7.17. The summed E-state index contributed by atoms with van der Waals surface area (Å²) in [4.78, 5) is 0. The molecule has 13 heavy (non-hydrogen) atoms. The van der Waals surface area contributed by atoms with Crippen molar-refractivity contribution in [1.82, 2.24) is 5.32 Å². The van der Waals surface area contributed by atoms with E-state index in [0.29, 0.717) is 0 Å². The van der Waals surface area contributed by atoms with Gasteiger partial charge in [0.1, 0.15) is 12.4 Å². The fourth-order valence-corrected chi connectivity index (χ4v) is 1.18. The van der Waals surface area contributed by atoms with Gasteiger partial charge in [0, 0.05) is 6.54 Å². The van der Waals surface area contributed by atoms with E-state index < -0.39 is 0 Å². The molecule has 0 aromatic carbocycles. The average molecular weight is 183 g/mol. The van der Waals surface area contributed by atoms with Crippen molar-refractivity contribution in [1.29, 1.82) is 0 Å². The number of ether oxygens (including phenoxy) is 1. The molecular weight excluding hydrogens is 162 g/mol. The summed E-state index contributed by atoms with van der Waals surface area (Å²) in [6.45, 7) is 11.5. The van der Waals surface area contributed by atoms with E-state index in [0.717, 1.165) is 31.8 Å². The minimum absolute atomic E-state index is 0.758. The van der Waals surface area contributed by atoms with Crippen LogP contribution in [0.3, 0.4) is 0 Å². The molecule has 0 radical (unpaired) electrons. The molecule has 0 atom stereocenters. The average Bonchev–Trinajstić information content (AvgIpc) is 2.22. The maximum atomic E-state index is 5.39. The molecule has 1 N–H and O–H groups in total. The highest BCUT2D eigenvalue weighted by atomic mass is 16.5. The number of rotatable bonds is 3. The lowest BCUT2D eigenvalue weighted by Gasteiger charge is -2.20. The first-order valence-corrected chi connectivity index (χ1v) is 5.10. The Balaban J connectivity index is 0.000000671. The summed E-state index contributed by atoms with van der Waals surface area (Å²) in [7, 11) is 0. The van der Waals surface area contributed by atoms with Gasteiger partial charge in [-0.25, -0.2) is 0 Å². The van der Waals surface area contributed by atoms with Gasteiger partial charge in [0.2, 0.25) is 0 Å². The predicted molar refractivity (Wildman–Crippen MR) is 57.4 cm³/mol. The molecule has 0 fully saturated rings. The third kappa shape index (κ3) is 4.02. The molecular formula is C11H21NO. The van der Waals surface area contributed by atoms with Crippen LogP contribution in [0.15, 0.2) is 24.1 Å². The first-order valence-electron chi connectivity index (χ1n) is 5.10. The summed E-state index contributed by atoms with van der Waals surface area (Å²) in [6, 6.07) is 0. The molecule has 1 heterocycles. The van der Waals surface area contributed by atoms with Gasteiger partial charge in [0.25, 0.3) is 0 Å². The molecule has 1 aliphatic heterocycles. The molecule has 1 aliphatic rings. The summed E-state index contributed by atoms with van der Waals surface area (Å²) in [5, 5.41) is 3.30. The molecule has 0 amide bonds. The van der Waals surface area contributed by atoms with Gasteiger partial charge in [-0.1, -0.05) is 33.8 Å².